The lowest BCUT2D eigenvalue weighted by molar-refractivity contribution is 0.562. The van der Waals surface area contributed by atoms with Gasteiger partial charge in [-0.1, -0.05) is 18.2 Å². The summed E-state index contributed by atoms with van der Waals surface area (Å²) in [5, 5.41) is 4.00. The quantitative estimate of drug-likeness (QED) is 0.634. The first-order chi connectivity index (χ1) is 7.74. The van der Waals surface area contributed by atoms with Gasteiger partial charge < -0.3 is 9.73 Å². The van der Waals surface area contributed by atoms with Gasteiger partial charge in [-0.15, -0.1) is 0 Å². The number of anilines is 1. The summed E-state index contributed by atoms with van der Waals surface area (Å²) in [5.74, 6) is 0.672. The van der Waals surface area contributed by atoms with Crippen LogP contribution in [0, 0.1) is 6.92 Å². The molecule has 2 aromatic rings. The molecular formula is C12H13NO2S. The molecule has 16 heavy (non-hydrogen) atoms. The van der Waals surface area contributed by atoms with E-state index in [1.807, 2.05) is 25.1 Å². The standard InChI is InChI=1S/C12H13NO2S/c1-8-9-4-2-3-5-10(9)15-12(14)11(8)13-6-7-16/h2-5,13,16H,6-7H2,1H3. The molecule has 0 spiro atoms. The number of hydrogen-bond acceptors (Lipinski definition) is 4. The van der Waals surface area contributed by atoms with E-state index in [9.17, 15) is 4.79 Å². The van der Waals surface area contributed by atoms with Gasteiger partial charge in [0.05, 0.1) is 0 Å². The van der Waals surface area contributed by atoms with Gasteiger partial charge in [0, 0.05) is 17.7 Å². The molecule has 0 fully saturated rings. The maximum atomic E-state index is 11.7. The van der Waals surface area contributed by atoms with Crippen molar-refractivity contribution in [2.24, 2.45) is 0 Å². The van der Waals surface area contributed by atoms with E-state index < -0.39 is 0 Å². The average Bonchev–Trinajstić information content (AvgIpc) is 2.29. The third-order valence-electron chi connectivity index (χ3n) is 2.49. The molecule has 0 saturated carbocycles. The molecule has 1 N–H and O–H groups in total. The minimum absolute atomic E-state index is 0.321. The topological polar surface area (TPSA) is 42.2 Å². The zero-order valence-electron chi connectivity index (χ0n) is 8.99. The third kappa shape index (κ3) is 1.93. The molecule has 4 heteroatoms. The summed E-state index contributed by atoms with van der Waals surface area (Å²) in [7, 11) is 0. The molecule has 2 rings (SSSR count). The van der Waals surface area contributed by atoms with Crippen LogP contribution in [0.2, 0.25) is 0 Å². The zero-order chi connectivity index (χ0) is 11.5. The summed E-state index contributed by atoms with van der Waals surface area (Å²) in [6.07, 6.45) is 0. The second kappa shape index (κ2) is 4.61. The number of rotatable bonds is 3. The predicted octanol–water partition coefficient (Wildman–Crippen LogP) is 2.44. The fraction of sp³-hybridized carbons (Fsp3) is 0.250. The lowest BCUT2D eigenvalue weighted by Gasteiger charge is -2.08. The van der Waals surface area contributed by atoms with Crippen molar-refractivity contribution in [2.75, 3.05) is 17.6 Å². The van der Waals surface area contributed by atoms with E-state index in [2.05, 4.69) is 17.9 Å². The van der Waals surface area contributed by atoms with Crippen LogP contribution in [0.15, 0.2) is 33.5 Å². The first-order valence-electron chi connectivity index (χ1n) is 5.11. The van der Waals surface area contributed by atoms with Gasteiger partial charge >= 0.3 is 5.63 Å². The van der Waals surface area contributed by atoms with Crippen LogP contribution in [0.4, 0.5) is 5.69 Å². The second-order valence-electron chi connectivity index (χ2n) is 3.54. The van der Waals surface area contributed by atoms with Gasteiger partial charge in [-0.05, 0) is 18.6 Å². The normalized spacial score (nSPS) is 10.6. The highest BCUT2D eigenvalue weighted by Crippen LogP contribution is 2.21. The smallest absolute Gasteiger partial charge is 0.360 e. The first kappa shape index (κ1) is 11.1. The number of thiol groups is 1. The molecule has 84 valence electrons. The molecule has 0 saturated heterocycles. The molecule has 0 radical (unpaired) electrons. The van der Waals surface area contributed by atoms with Crippen molar-refractivity contribution in [3.8, 4) is 0 Å². The van der Waals surface area contributed by atoms with Crippen LogP contribution in [0.3, 0.4) is 0 Å². The maximum Gasteiger partial charge on any atom is 0.360 e. The van der Waals surface area contributed by atoms with Crippen LogP contribution < -0.4 is 10.9 Å². The van der Waals surface area contributed by atoms with Gasteiger partial charge in [-0.25, -0.2) is 4.79 Å². The minimum atomic E-state index is -0.321. The Bertz CT molecular complexity index is 562. The molecule has 1 aromatic carbocycles. The Balaban J connectivity index is 2.61. The van der Waals surface area contributed by atoms with E-state index >= 15 is 0 Å². The Morgan fingerprint density at radius 2 is 2.12 bits per heavy atom. The van der Waals surface area contributed by atoms with E-state index in [4.69, 9.17) is 4.42 Å². The molecule has 0 atom stereocenters. The van der Waals surface area contributed by atoms with Gasteiger partial charge in [-0.3, -0.25) is 0 Å². The summed E-state index contributed by atoms with van der Waals surface area (Å²) in [5.41, 5.74) is 1.76. The Kier molecular flexibility index (Phi) is 3.19. The Hall–Kier alpha value is -1.42. The average molecular weight is 235 g/mol. The van der Waals surface area contributed by atoms with Crippen molar-refractivity contribution in [1.82, 2.24) is 0 Å². The van der Waals surface area contributed by atoms with E-state index in [1.54, 1.807) is 6.07 Å². The van der Waals surface area contributed by atoms with Crippen molar-refractivity contribution in [2.45, 2.75) is 6.92 Å². The Labute approximate surface area is 98.9 Å². The molecule has 0 aliphatic heterocycles. The summed E-state index contributed by atoms with van der Waals surface area (Å²) in [4.78, 5) is 11.7. The maximum absolute atomic E-state index is 11.7. The van der Waals surface area contributed by atoms with Gasteiger partial charge in [0.15, 0.2) is 0 Å². The molecule has 0 unspecified atom stereocenters. The number of benzene rings is 1. The second-order valence-corrected chi connectivity index (χ2v) is 3.98. The van der Waals surface area contributed by atoms with Gasteiger partial charge in [0.25, 0.3) is 0 Å². The number of aryl methyl sites for hydroxylation is 1. The van der Waals surface area contributed by atoms with Crippen molar-refractivity contribution in [3.05, 3.63) is 40.2 Å². The van der Waals surface area contributed by atoms with Crippen molar-refractivity contribution < 1.29 is 4.42 Å². The van der Waals surface area contributed by atoms with Crippen LogP contribution >= 0.6 is 12.6 Å². The number of nitrogens with one attached hydrogen (secondary N) is 1. The number of para-hydroxylation sites is 1. The van der Waals surface area contributed by atoms with Crippen molar-refractivity contribution >= 4 is 29.3 Å². The van der Waals surface area contributed by atoms with E-state index in [-0.39, 0.29) is 5.63 Å². The van der Waals surface area contributed by atoms with E-state index in [0.29, 0.717) is 23.6 Å². The van der Waals surface area contributed by atoms with E-state index in [1.165, 1.54) is 0 Å². The zero-order valence-corrected chi connectivity index (χ0v) is 9.88. The fourth-order valence-electron chi connectivity index (χ4n) is 1.69. The SMILES string of the molecule is Cc1c(NCCS)c(=O)oc2ccccc12. The third-order valence-corrected chi connectivity index (χ3v) is 2.71. The van der Waals surface area contributed by atoms with Crippen LogP contribution in [0.25, 0.3) is 11.0 Å². The van der Waals surface area contributed by atoms with Crippen molar-refractivity contribution in [3.63, 3.8) is 0 Å². The highest BCUT2D eigenvalue weighted by Gasteiger charge is 2.09. The van der Waals surface area contributed by atoms with Crippen LogP contribution in [-0.2, 0) is 0 Å². The van der Waals surface area contributed by atoms with Gasteiger partial charge in [-0.2, -0.15) is 12.6 Å². The number of fused-ring (bicyclic) bond motifs is 1. The van der Waals surface area contributed by atoms with Crippen LogP contribution in [-0.4, -0.2) is 12.3 Å². The largest absolute Gasteiger partial charge is 0.421 e. The van der Waals surface area contributed by atoms with Crippen LogP contribution in [0.1, 0.15) is 5.56 Å². The van der Waals surface area contributed by atoms with E-state index in [0.717, 1.165) is 10.9 Å². The lowest BCUT2D eigenvalue weighted by atomic mass is 10.1. The molecule has 0 bridgehead atoms. The van der Waals surface area contributed by atoms with Crippen molar-refractivity contribution in [1.29, 1.82) is 0 Å². The highest BCUT2D eigenvalue weighted by molar-refractivity contribution is 7.80. The summed E-state index contributed by atoms with van der Waals surface area (Å²) in [6, 6.07) is 7.52. The molecule has 0 aliphatic rings. The molecule has 1 heterocycles. The summed E-state index contributed by atoms with van der Waals surface area (Å²) >= 11 is 4.10. The lowest BCUT2D eigenvalue weighted by Crippen LogP contribution is -2.14. The minimum Gasteiger partial charge on any atom is -0.421 e. The Morgan fingerprint density at radius 3 is 2.88 bits per heavy atom. The first-order valence-corrected chi connectivity index (χ1v) is 5.74. The number of hydrogen-bond donors (Lipinski definition) is 2. The van der Waals surface area contributed by atoms with Crippen LogP contribution in [0.5, 0.6) is 0 Å². The molecule has 0 amide bonds. The molecule has 0 aliphatic carbocycles. The summed E-state index contributed by atoms with van der Waals surface area (Å²) < 4.78 is 5.23. The molecule has 3 nitrogen and oxygen atoms in total. The Morgan fingerprint density at radius 1 is 1.38 bits per heavy atom. The summed E-state index contributed by atoms with van der Waals surface area (Å²) in [6.45, 7) is 2.56. The fourth-order valence-corrected chi connectivity index (χ4v) is 1.80. The van der Waals surface area contributed by atoms with Gasteiger partial charge in [0.1, 0.15) is 11.3 Å². The monoisotopic (exact) mass is 235 g/mol. The molecule has 1 aromatic heterocycles. The molecular weight excluding hydrogens is 222 g/mol. The highest BCUT2D eigenvalue weighted by atomic mass is 32.1. The van der Waals surface area contributed by atoms with Gasteiger partial charge in [0.2, 0.25) is 0 Å². The predicted molar refractivity (Wildman–Crippen MR) is 69.6 cm³/mol.